The molecule has 1 heterocycles. The number of Topliss-reactive ketones (excluding diaryl/α,β-unsaturated/α-hetero) is 1. The Hall–Kier alpha value is -0.940. The topological polar surface area (TPSA) is 87.1 Å². The molecule has 0 bridgehead atoms. The van der Waals surface area contributed by atoms with Crippen molar-refractivity contribution in [3.05, 3.63) is 0 Å². The maximum Gasteiger partial charge on any atom is 0.309 e. The SMILES string of the molecule is CC1([C@@H]2CC[C@]3(C(=O)O)CC[C@]4(C)[C@H](CC[C@@H]5[C@@]6(C)CCC(=O)C(C)(C)[C@@H]6[C@H](O)C[C@]54C)[C@@H]23)CO1. The van der Waals surface area contributed by atoms with Gasteiger partial charge in [-0.3, -0.25) is 9.59 Å². The lowest BCUT2D eigenvalue weighted by molar-refractivity contribution is -0.261. The molecule has 35 heavy (non-hydrogen) atoms. The molecule has 0 aromatic carbocycles. The second kappa shape index (κ2) is 6.92. The van der Waals surface area contributed by atoms with E-state index in [-0.39, 0.29) is 33.7 Å². The largest absolute Gasteiger partial charge is 0.481 e. The molecule has 0 radical (unpaired) electrons. The van der Waals surface area contributed by atoms with Crippen molar-refractivity contribution in [1.82, 2.24) is 0 Å². The molecule has 1 aliphatic heterocycles. The van der Waals surface area contributed by atoms with Gasteiger partial charge in [0.2, 0.25) is 0 Å². The lowest BCUT2D eigenvalue weighted by atomic mass is 9.32. The van der Waals surface area contributed by atoms with E-state index >= 15 is 0 Å². The minimum Gasteiger partial charge on any atom is -0.481 e. The van der Waals surface area contributed by atoms with Gasteiger partial charge in [-0.15, -0.1) is 0 Å². The van der Waals surface area contributed by atoms with Gasteiger partial charge in [-0.2, -0.15) is 0 Å². The van der Waals surface area contributed by atoms with Crippen molar-refractivity contribution in [3.63, 3.8) is 0 Å². The third-order valence-corrected chi connectivity index (χ3v) is 13.9. The molecular formula is C30H46O5. The molecule has 5 nitrogen and oxygen atoms in total. The van der Waals surface area contributed by atoms with E-state index in [0.717, 1.165) is 58.0 Å². The van der Waals surface area contributed by atoms with Crippen molar-refractivity contribution >= 4 is 11.8 Å². The molecule has 6 rings (SSSR count). The van der Waals surface area contributed by atoms with Crippen molar-refractivity contribution in [3.8, 4) is 0 Å². The van der Waals surface area contributed by atoms with Crippen LogP contribution >= 0.6 is 0 Å². The number of carbonyl (C=O) groups excluding carboxylic acids is 1. The summed E-state index contributed by atoms with van der Waals surface area (Å²) in [5, 5.41) is 22.4. The number of epoxide rings is 1. The Morgan fingerprint density at radius 1 is 0.914 bits per heavy atom. The fourth-order valence-corrected chi connectivity index (χ4v) is 12.0. The van der Waals surface area contributed by atoms with Crippen LogP contribution in [0, 0.1) is 56.7 Å². The van der Waals surface area contributed by atoms with Gasteiger partial charge in [0.1, 0.15) is 5.78 Å². The first-order valence-corrected chi connectivity index (χ1v) is 14.3. The van der Waals surface area contributed by atoms with Crippen molar-refractivity contribution in [1.29, 1.82) is 0 Å². The summed E-state index contributed by atoms with van der Waals surface area (Å²) in [5.41, 5.74) is -1.43. The Labute approximate surface area is 210 Å². The van der Waals surface area contributed by atoms with Crippen LogP contribution in [0.3, 0.4) is 0 Å². The zero-order valence-corrected chi connectivity index (χ0v) is 22.7. The quantitative estimate of drug-likeness (QED) is 0.505. The molecular weight excluding hydrogens is 440 g/mol. The van der Waals surface area contributed by atoms with Crippen molar-refractivity contribution in [2.45, 2.75) is 111 Å². The van der Waals surface area contributed by atoms with Crippen LogP contribution in [0.15, 0.2) is 0 Å². The van der Waals surface area contributed by atoms with Crippen molar-refractivity contribution in [2.24, 2.45) is 56.7 Å². The van der Waals surface area contributed by atoms with Crippen molar-refractivity contribution in [2.75, 3.05) is 6.61 Å². The smallest absolute Gasteiger partial charge is 0.309 e. The number of fused-ring (bicyclic) bond motifs is 7. The fourth-order valence-electron chi connectivity index (χ4n) is 12.0. The zero-order valence-electron chi connectivity index (χ0n) is 22.7. The number of aliphatic hydroxyl groups excluding tert-OH is 1. The molecule has 5 aliphatic carbocycles. The minimum atomic E-state index is -0.619. The summed E-state index contributed by atoms with van der Waals surface area (Å²) < 4.78 is 5.97. The molecule has 0 amide bonds. The molecule has 0 spiro atoms. The zero-order chi connectivity index (χ0) is 25.4. The van der Waals surface area contributed by atoms with Crippen LogP contribution in [0.25, 0.3) is 0 Å². The van der Waals surface area contributed by atoms with Crippen LogP contribution in [0.2, 0.25) is 0 Å². The third-order valence-electron chi connectivity index (χ3n) is 13.9. The summed E-state index contributed by atoms with van der Waals surface area (Å²) in [4.78, 5) is 25.8. The first-order valence-electron chi connectivity index (χ1n) is 14.3. The number of carboxylic acids is 1. The Balaban J connectivity index is 1.44. The van der Waals surface area contributed by atoms with Gasteiger partial charge in [0.15, 0.2) is 0 Å². The standard InChI is InChI=1S/C30H46O5/c1-25(2)21(32)10-11-26(3)20-8-7-17-22-18(29(6)16-35-29)9-12-30(22,24(33)34)14-13-27(17,4)28(20,5)15-19(31)23(25)26/h17-20,22-23,31H,7-16H2,1-6H3,(H,33,34)/t17-,18-,19-,20-,22+,23+,26-,27-,28-,29?,30+/m1/s1. The number of aliphatic carboxylic acids is 1. The molecule has 6 fully saturated rings. The van der Waals surface area contributed by atoms with Gasteiger partial charge >= 0.3 is 5.97 Å². The van der Waals surface area contributed by atoms with E-state index in [4.69, 9.17) is 4.74 Å². The highest BCUT2D eigenvalue weighted by molar-refractivity contribution is 5.85. The molecule has 196 valence electrons. The van der Waals surface area contributed by atoms with Gasteiger partial charge in [0, 0.05) is 17.8 Å². The summed E-state index contributed by atoms with van der Waals surface area (Å²) in [7, 11) is 0. The lowest BCUT2D eigenvalue weighted by Gasteiger charge is -2.73. The Bertz CT molecular complexity index is 968. The average molecular weight is 487 g/mol. The molecule has 0 aromatic heterocycles. The van der Waals surface area contributed by atoms with E-state index in [2.05, 4.69) is 41.5 Å². The predicted molar refractivity (Wildman–Crippen MR) is 133 cm³/mol. The number of carbonyl (C=O) groups is 2. The second-order valence-electron chi connectivity index (χ2n) is 15.2. The van der Waals surface area contributed by atoms with Crippen molar-refractivity contribution < 1.29 is 24.5 Å². The summed E-state index contributed by atoms with van der Waals surface area (Å²) in [5.74, 6) is 0.955. The van der Waals surface area contributed by atoms with E-state index in [9.17, 15) is 19.8 Å². The molecule has 1 unspecified atom stereocenters. The second-order valence-corrected chi connectivity index (χ2v) is 15.2. The Kier molecular flexibility index (Phi) is 4.83. The average Bonchev–Trinajstić information content (AvgIpc) is 3.36. The van der Waals surface area contributed by atoms with Crippen LogP contribution < -0.4 is 0 Å². The Morgan fingerprint density at radius 2 is 1.60 bits per heavy atom. The van der Waals surface area contributed by atoms with E-state index in [0.29, 0.717) is 30.0 Å². The first-order chi connectivity index (χ1) is 16.2. The van der Waals surface area contributed by atoms with Gasteiger partial charge < -0.3 is 14.9 Å². The van der Waals surface area contributed by atoms with Gasteiger partial charge in [-0.1, -0.05) is 34.6 Å². The molecule has 5 saturated carbocycles. The molecule has 11 atom stereocenters. The summed E-state index contributed by atoms with van der Waals surface area (Å²) in [6, 6.07) is 0. The van der Waals surface area contributed by atoms with Gasteiger partial charge in [0.25, 0.3) is 0 Å². The summed E-state index contributed by atoms with van der Waals surface area (Å²) >= 11 is 0. The molecule has 1 saturated heterocycles. The lowest BCUT2D eigenvalue weighted by Crippen LogP contribution is -2.69. The monoisotopic (exact) mass is 486 g/mol. The van der Waals surface area contributed by atoms with Crippen LogP contribution in [-0.4, -0.2) is 40.3 Å². The maximum absolute atomic E-state index is 13.0. The number of ketones is 1. The fraction of sp³-hybridized carbons (Fsp3) is 0.933. The van der Waals surface area contributed by atoms with Crippen LogP contribution in [0.4, 0.5) is 0 Å². The van der Waals surface area contributed by atoms with E-state index in [1.165, 1.54) is 0 Å². The number of aliphatic hydroxyl groups is 1. The first kappa shape index (κ1) is 24.4. The molecule has 0 aromatic rings. The number of hydrogen-bond acceptors (Lipinski definition) is 4. The minimum absolute atomic E-state index is 0.00539. The predicted octanol–water partition coefficient (Wildman–Crippen LogP) is 5.48. The van der Waals surface area contributed by atoms with E-state index in [1.807, 2.05) is 0 Å². The molecule has 2 N–H and O–H groups in total. The number of rotatable bonds is 2. The normalized spacial score (nSPS) is 58.5. The highest BCUT2D eigenvalue weighted by Gasteiger charge is 2.75. The Morgan fingerprint density at radius 3 is 2.23 bits per heavy atom. The molecule has 5 heteroatoms. The summed E-state index contributed by atoms with van der Waals surface area (Å²) in [6.07, 6.45) is 7.27. The van der Waals surface area contributed by atoms with Gasteiger partial charge in [-0.25, -0.2) is 0 Å². The highest BCUT2D eigenvalue weighted by Crippen LogP contribution is 2.77. The highest BCUT2D eigenvalue weighted by atomic mass is 16.6. The number of carboxylic acid groups (broad SMARTS) is 1. The third kappa shape index (κ3) is 2.73. The summed E-state index contributed by atoms with van der Waals surface area (Å²) in [6.45, 7) is 14.4. The number of ether oxygens (including phenoxy) is 1. The van der Waals surface area contributed by atoms with Crippen LogP contribution in [0.5, 0.6) is 0 Å². The van der Waals surface area contributed by atoms with Gasteiger partial charge in [0.05, 0.1) is 23.7 Å². The van der Waals surface area contributed by atoms with Crippen LogP contribution in [0.1, 0.15) is 99.3 Å². The maximum atomic E-state index is 13.0. The van der Waals surface area contributed by atoms with E-state index < -0.39 is 22.9 Å². The molecule has 6 aliphatic rings. The van der Waals surface area contributed by atoms with Crippen LogP contribution in [-0.2, 0) is 14.3 Å². The van der Waals surface area contributed by atoms with Gasteiger partial charge in [-0.05, 0) is 98.2 Å². The van der Waals surface area contributed by atoms with E-state index in [1.54, 1.807) is 0 Å². The number of hydrogen-bond donors (Lipinski definition) is 2.